The Bertz CT molecular complexity index is 6190. The fourth-order valence-electron chi connectivity index (χ4n) is 17.8. The summed E-state index contributed by atoms with van der Waals surface area (Å²) in [6.45, 7) is 23.2. The smallest absolute Gasteiger partial charge is 0.159 e. The summed E-state index contributed by atoms with van der Waals surface area (Å²) in [4.78, 5) is 4.88. The second kappa shape index (κ2) is 21.3. The van der Waals surface area contributed by atoms with Gasteiger partial charge in [-0.05, 0) is 186 Å². The van der Waals surface area contributed by atoms with E-state index in [-0.39, 0.29) is 21.7 Å². The normalized spacial score (nSPS) is 13.9. The van der Waals surface area contributed by atoms with Crippen LogP contribution in [-0.4, -0.2) is 9.13 Å². The van der Waals surface area contributed by atoms with Crippen molar-refractivity contribution in [3.63, 3.8) is 0 Å². The zero-order chi connectivity index (χ0) is 69.0. The minimum Gasteiger partial charge on any atom is -0.454 e. The first-order valence-electron chi connectivity index (χ1n) is 36.0. The number of hydrogen-bond donors (Lipinski definition) is 0. The van der Waals surface area contributed by atoms with Crippen molar-refractivity contribution >= 4 is 132 Å². The highest BCUT2D eigenvalue weighted by Gasteiger charge is 2.38. The van der Waals surface area contributed by atoms with Crippen molar-refractivity contribution in [1.82, 2.24) is 9.13 Å². The van der Waals surface area contributed by atoms with Crippen LogP contribution >= 0.6 is 0 Å². The summed E-state index contributed by atoms with van der Waals surface area (Å²) in [5, 5.41) is 11.5. The summed E-state index contributed by atoms with van der Waals surface area (Å²) in [6.07, 6.45) is 0. The molecule has 6 heteroatoms. The Morgan fingerprint density at radius 2 is 0.637 bits per heavy atom. The average Bonchev–Trinajstić information content (AvgIpc) is 1.56. The van der Waals surface area contributed by atoms with Crippen LogP contribution in [0.1, 0.15) is 103 Å². The molecule has 102 heavy (non-hydrogen) atoms. The highest BCUT2D eigenvalue weighted by molar-refractivity contribution is 6.30. The number of nitrogens with zero attached hydrogens (tertiary/aromatic N) is 4. The second-order valence-electron chi connectivity index (χ2n) is 31.7. The van der Waals surface area contributed by atoms with Gasteiger partial charge in [0.1, 0.15) is 11.2 Å². The molecular weight excluding hydrogens is 1240 g/mol. The maximum absolute atomic E-state index is 6.98. The number of furan rings is 2. The molecule has 2 aliphatic rings. The highest BCUT2D eigenvalue weighted by atomic mass is 16.3. The third-order valence-electron chi connectivity index (χ3n) is 23.0. The number of rotatable bonds is 8. The fraction of sp³-hybridized carbons (Fsp3) is 0.146. The zero-order valence-corrected chi connectivity index (χ0v) is 59.2. The van der Waals surface area contributed by atoms with Crippen molar-refractivity contribution in [3.05, 3.63) is 312 Å². The van der Waals surface area contributed by atoms with Crippen molar-refractivity contribution in [2.24, 2.45) is 0 Å². The summed E-state index contributed by atoms with van der Waals surface area (Å²) in [5.41, 5.74) is 28.8. The predicted octanol–water partition coefficient (Wildman–Crippen LogP) is 27.0. The van der Waals surface area contributed by atoms with Gasteiger partial charge in [-0.15, -0.1) is 0 Å². The monoisotopic (exact) mass is 1320 g/mol. The van der Waals surface area contributed by atoms with E-state index in [1.165, 1.54) is 88.0 Å². The Morgan fingerprint density at radius 3 is 1.06 bits per heavy atom. The summed E-state index contributed by atoms with van der Waals surface area (Å²) in [7, 11) is 0. The van der Waals surface area contributed by atoms with E-state index >= 15 is 0 Å². The largest absolute Gasteiger partial charge is 0.454 e. The molecule has 492 valence electrons. The number of anilines is 6. The molecule has 0 fully saturated rings. The molecule has 0 spiro atoms. The molecule has 4 aromatic heterocycles. The van der Waals surface area contributed by atoms with Gasteiger partial charge in [0.2, 0.25) is 0 Å². The average molecular weight is 1320 g/mol. The molecule has 0 N–H and O–H groups in total. The molecule has 6 nitrogen and oxygen atoms in total. The molecule has 0 amide bonds. The second-order valence-corrected chi connectivity index (χ2v) is 31.7. The Balaban J connectivity index is 0.836. The first-order valence-corrected chi connectivity index (χ1v) is 36.0. The van der Waals surface area contributed by atoms with Crippen LogP contribution in [0.5, 0.6) is 0 Å². The minimum absolute atomic E-state index is 0.0283. The molecule has 18 aromatic rings. The molecule has 0 atom stereocenters. The summed E-state index contributed by atoms with van der Waals surface area (Å²) < 4.78 is 19.0. The maximum Gasteiger partial charge on any atom is 0.159 e. The van der Waals surface area contributed by atoms with Crippen molar-refractivity contribution < 1.29 is 8.83 Å². The SMILES string of the molecule is CC(C)(C)c1ccc(-n2c3cc(N(c4ccc5c(c4)C(C)(C)c4ccccc4-5)c4cccc5c4oc4ccccc45)ccc3c3c4ccc5c(c4ccc32)c2ccc(N(c3ccc4c(c3)C(C)(C)c3ccccc3-4)c3cccc4c3oc3ccccc34)cc2n5-c2ccc(C(C)(C)C)cc2)cc1. The van der Waals surface area contributed by atoms with Crippen molar-refractivity contribution in [2.45, 2.75) is 90.9 Å². The lowest BCUT2D eigenvalue weighted by molar-refractivity contribution is 0.590. The van der Waals surface area contributed by atoms with E-state index in [0.29, 0.717) is 0 Å². The van der Waals surface area contributed by atoms with E-state index in [1.54, 1.807) is 0 Å². The van der Waals surface area contributed by atoms with Gasteiger partial charge >= 0.3 is 0 Å². The summed E-state index contributed by atoms with van der Waals surface area (Å²) >= 11 is 0. The molecule has 2 aliphatic carbocycles. The van der Waals surface area contributed by atoms with Crippen LogP contribution in [0.15, 0.2) is 288 Å². The molecule has 4 heterocycles. The number of para-hydroxylation sites is 4. The lowest BCUT2D eigenvalue weighted by Gasteiger charge is -2.28. The molecule has 0 aliphatic heterocycles. The van der Waals surface area contributed by atoms with E-state index in [9.17, 15) is 0 Å². The molecule has 0 saturated carbocycles. The molecule has 14 aromatic carbocycles. The first-order chi connectivity index (χ1) is 49.4. The Labute approximate surface area is 593 Å². The minimum atomic E-state index is -0.216. The number of fused-ring (bicyclic) bond motifs is 21. The van der Waals surface area contributed by atoms with Gasteiger partial charge in [0.25, 0.3) is 0 Å². The molecule has 0 radical (unpaired) electrons. The van der Waals surface area contributed by atoms with Crippen LogP contribution in [0.2, 0.25) is 0 Å². The van der Waals surface area contributed by atoms with Crippen molar-refractivity contribution in [3.8, 4) is 33.6 Å². The van der Waals surface area contributed by atoms with Gasteiger partial charge in [-0.3, -0.25) is 0 Å². The van der Waals surface area contributed by atoms with Gasteiger partial charge in [-0.2, -0.15) is 0 Å². The summed E-state index contributed by atoms with van der Waals surface area (Å²) in [5.74, 6) is 0. The Hall–Kier alpha value is -11.9. The van der Waals surface area contributed by atoms with Crippen molar-refractivity contribution in [2.75, 3.05) is 9.80 Å². The number of aromatic nitrogens is 2. The quantitative estimate of drug-likeness (QED) is 0.152. The van der Waals surface area contributed by atoms with E-state index in [0.717, 1.165) is 111 Å². The fourth-order valence-corrected chi connectivity index (χ4v) is 17.8. The van der Waals surface area contributed by atoms with E-state index < -0.39 is 0 Å². The predicted molar refractivity (Wildman–Crippen MR) is 429 cm³/mol. The molecule has 20 rings (SSSR count). The van der Waals surface area contributed by atoms with Crippen LogP contribution in [0, 0.1) is 0 Å². The molecular formula is C96H76N4O2. The Morgan fingerprint density at radius 1 is 0.284 bits per heavy atom. The van der Waals surface area contributed by atoms with Gasteiger partial charge in [0.05, 0.1) is 33.4 Å². The number of hydrogen-bond acceptors (Lipinski definition) is 4. The van der Waals surface area contributed by atoms with E-state index in [4.69, 9.17) is 8.83 Å². The summed E-state index contributed by atoms with van der Waals surface area (Å²) in [6, 6.07) is 105. The van der Waals surface area contributed by atoms with Gasteiger partial charge in [0.15, 0.2) is 11.2 Å². The first kappa shape index (κ1) is 60.1. The number of benzene rings is 14. The van der Waals surface area contributed by atoms with E-state index in [2.05, 4.69) is 367 Å². The van der Waals surface area contributed by atoms with Crippen LogP contribution in [0.3, 0.4) is 0 Å². The highest BCUT2D eigenvalue weighted by Crippen LogP contribution is 2.55. The van der Waals surface area contributed by atoms with Crippen LogP contribution in [0.4, 0.5) is 34.1 Å². The van der Waals surface area contributed by atoms with Gasteiger partial charge < -0.3 is 27.8 Å². The topological polar surface area (TPSA) is 42.6 Å². The Kier molecular flexibility index (Phi) is 12.6. The standard InChI is InChI=1S/C96H76N4O2/c1-93(2,3)57-33-37-59(38-34-57)99-81-51-49-72-71(89(81)75-47-43-63(55-85(75)99)97(83-29-19-25-73-69-23-13-17-31-87(69)101-91(73)83)61-41-45-67-65-21-11-15-27-77(65)95(7,8)79(67)53-61)50-52-82-90(72)76-48-44-64(56-86(76)100(82)60-39-35-58(36-40-60)94(4,5)6)98(84-30-20-26-74-70-24-14-18-32-88(70)102-92(74)84)62-42-46-68-66-22-12-16-28-78(66)96(9,10)80(68)54-62/h11-56H,1-10H3. The van der Waals surface area contributed by atoms with Crippen LogP contribution in [-0.2, 0) is 21.7 Å². The lowest BCUT2D eigenvalue weighted by Crippen LogP contribution is -2.16. The van der Waals surface area contributed by atoms with Gasteiger partial charge in [-0.1, -0.05) is 239 Å². The van der Waals surface area contributed by atoms with E-state index in [1.807, 2.05) is 0 Å². The van der Waals surface area contributed by atoms with Crippen LogP contribution in [0.25, 0.3) is 132 Å². The van der Waals surface area contributed by atoms with Gasteiger partial charge in [-0.25, -0.2) is 0 Å². The lowest BCUT2D eigenvalue weighted by atomic mass is 9.82. The maximum atomic E-state index is 6.98. The van der Waals surface area contributed by atoms with Gasteiger partial charge in [0, 0.05) is 88.0 Å². The van der Waals surface area contributed by atoms with Crippen LogP contribution < -0.4 is 9.80 Å². The third-order valence-corrected chi connectivity index (χ3v) is 23.0. The zero-order valence-electron chi connectivity index (χ0n) is 59.2. The molecule has 0 unspecified atom stereocenters. The molecule has 0 bridgehead atoms. The third kappa shape index (κ3) is 8.65. The molecule has 0 saturated heterocycles. The van der Waals surface area contributed by atoms with Crippen molar-refractivity contribution in [1.29, 1.82) is 0 Å².